The van der Waals surface area contributed by atoms with Crippen LogP contribution in [0.2, 0.25) is 0 Å². The Morgan fingerprint density at radius 3 is 2.88 bits per heavy atom. The van der Waals surface area contributed by atoms with E-state index in [4.69, 9.17) is 0 Å². The molecule has 3 rings (SSSR count). The SMILES string of the molecule is Cl.c1cc(-c2cnn3c2CNCC3)ccn1. The number of rotatable bonds is 1. The second-order valence-electron chi connectivity index (χ2n) is 3.64. The largest absolute Gasteiger partial charge is 0.309 e. The molecule has 0 radical (unpaired) electrons. The summed E-state index contributed by atoms with van der Waals surface area (Å²) < 4.78 is 2.08. The molecule has 4 nitrogen and oxygen atoms in total. The van der Waals surface area contributed by atoms with Crippen LogP contribution in [-0.2, 0) is 13.1 Å². The minimum atomic E-state index is 0. The highest BCUT2D eigenvalue weighted by molar-refractivity contribution is 5.85. The van der Waals surface area contributed by atoms with E-state index in [0.29, 0.717) is 0 Å². The molecule has 0 unspecified atom stereocenters. The Morgan fingerprint density at radius 1 is 1.25 bits per heavy atom. The summed E-state index contributed by atoms with van der Waals surface area (Å²) in [6, 6.07) is 4.04. The number of hydrogen-bond acceptors (Lipinski definition) is 3. The molecule has 0 atom stereocenters. The van der Waals surface area contributed by atoms with Crippen LogP contribution >= 0.6 is 12.4 Å². The van der Waals surface area contributed by atoms with Crippen LogP contribution in [-0.4, -0.2) is 21.3 Å². The van der Waals surface area contributed by atoms with Gasteiger partial charge in [-0.3, -0.25) is 9.67 Å². The van der Waals surface area contributed by atoms with Crippen molar-refractivity contribution in [2.24, 2.45) is 0 Å². The van der Waals surface area contributed by atoms with Gasteiger partial charge in [0.1, 0.15) is 0 Å². The molecule has 0 saturated carbocycles. The van der Waals surface area contributed by atoms with E-state index in [1.807, 2.05) is 30.7 Å². The van der Waals surface area contributed by atoms with Gasteiger partial charge in [0.2, 0.25) is 0 Å². The Morgan fingerprint density at radius 2 is 2.06 bits per heavy atom. The molecule has 2 aromatic heterocycles. The zero-order valence-electron chi connectivity index (χ0n) is 8.76. The molecule has 1 N–H and O–H groups in total. The molecule has 0 spiro atoms. The summed E-state index contributed by atoms with van der Waals surface area (Å²) in [5.41, 5.74) is 3.67. The van der Waals surface area contributed by atoms with Crippen LogP contribution in [0.5, 0.6) is 0 Å². The van der Waals surface area contributed by atoms with Gasteiger partial charge in [-0.15, -0.1) is 12.4 Å². The number of halogens is 1. The zero-order valence-corrected chi connectivity index (χ0v) is 9.57. The monoisotopic (exact) mass is 236 g/mol. The molecule has 2 aromatic rings. The molecule has 84 valence electrons. The predicted octanol–water partition coefficient (Wildman–Crippen LogP) is 1.47. The topological polar surface area (TPSA) is 42.7 Å². The third-order valence-corrected chi connectivity index (χ3v) is 2.73. The van der Waals surface area contributed by atoms with E-state index in [0.717, 1.165) is 19.6 Å². The second kappa shape index (κ2) is 4.63. The minimum absolute atomic E-state index is 0. The first-order valence-electron chi connectivity index (χ1n) is 5.11. The van der Waals surface area contributed by atoms with Crippen LogP contribution in [0.25, 0.3) is 11.1 Å². The number of nitrogens with zero attached hydrogens (tertiary/aromatic N) is 3. The van der Waals surface area contributed by atoms with Crippen molar-refractivity contribution in [3.05, 3.63) is 36.4 Å². The van der Waals surface area contributed by atoms with Gasteiger partial charge >= 0.3 is 0 Å². The van der Waals surface area contributed by atoms with Crippen molar-refractivity contribution in [1.82, 2.24) is 20.1 Å². The van der Waals surface area contributed by atoms with E-state index < -0.39 is 0 Å². The van der Waals surface area contributed by atoms with Crippen molar-refractivity contribution >= 4 is 12.4 Å². The van der Waals surface area contributed by atoms with Crippen molar-refractivity contribution in [2.45, 2.75) is 13.1 Å². The highest BCUT2D eigenvalue weighted by atomic mass is 35.5. The van der Waals surface area contributed by atoms with Crippen molar-refractivity contribution in [2.75, 3.05) is 6.54 Å². The van der Waals surface area contributed by atoms with Crippen LogP contribution in [0.3, 0.4) is 0 Å². The number of fused-ring (bicyclic) bond motifs is 1. The van der Waals surface area contributed by atoms with Gasteiger partial charge < -0.3 is 5.32 Å². The van der Waals surface area contributed by atoms with Gasteiger partial charge in [0.15, 0.2) is 0 Å². The standard InChI is InChI=1S/C11H12N4.ClH/c1-3-12-4-2-9(1)10-7-14-15-6-5-13-8-11(10)15;/h1-4,7,13H,5-6,8H2;1H. The third-order valence-electron chi connectivity index (χ3n) is 2.73. The molecule has 0 amide bonds. The molecule has 1 aliphatic rings. The van der Waals surface area contributed by atoms with Crippen molar-refractivity contribution in [3.8, 4) is 11.1 Å². The van der Waals surface area contributed by atoms with E-state index in [1.54, 1.807) is 0 Å². The quantitative estimate of drug-likeness (QED) is 0.816. The number of hydrogen-bond donors (Lipinski definition) is 1. The summed E-state index contributed by atoms with van der Waals surface area (Å²) in [6.07, 6.45) is 5.57. The molecule has 5 heteroatoms. The average molecular weight is 237 g/mol. The lowest BCUT2D eigenvalue weighted by molar-refractivity contribution is 0.476. The fraction of sp³-hybridized carbons (Fsp3) is 0.273. The van der Waals surface area contributed by atoms with Crippen LogP contribution in [0.1, 0.15) is 5.69 Å². The summed E-state index contributed by atoms with van der Waals surface area (Å²) in [5.74, 6) is 0. The van der Waals surface area contributed by atoms with Gasteiger partial charge in [0.05, 0.1) is 18.4 Å². The van der Waals surface area contributed by atoms with Gasteiger partial charge in [-0.25, -0.2) is 0 Å². The second-order valence-corrected chi connectivity index (χ2v) is 3.64. The van der Waals surface area contributed by atoms with Crippen LogP contribution in [0.15, 0.2) is 30.7 Å². The Balaban J connectivity index is 0.000000963. The predicted molar refractivity (Wildman–Crippen MR) is 64.4 cm³/mol. The molecule has 1 aliphatic heterocycles. The normalized spacial score (nSPS) is 14.0. The first-order valence-corrected chi connectivity index (χ1v) is 5.11. The summed E-state index contributed by atoms with van der Waals surface area (Å²) in [5, 5.41) is 7.75. The maximum absolute atomic E-state index is 4.39. The summed E-state index contributed by atoms with van der Waals surface area (Å²) in [7, 11) is 0. The Labute approximate surface area is 100 Å². The van der Waals surface area contributed by atoms with E-state index >= 15 is 0 Å². The molecule has 0 aliphatic carbocycles. The lowest BCUT2D eigenvalue weighted by Gasteiger charge is -2.16. The van der Waals surface area contributed by atoms with Crippen molar-refractivity contribution in [1.29, 1.82) is 0 Å². The minimum Gasteiger partial charge on any atom is -0.309 e. The van der Waals surface area contributed by atoms with Crippen molar-refractivity contribution < 1.29 is 0 Å². The van der Waals surface area contributed by atoms with Gasteiger partial charge in [0, 0.05) is 31.0 Å². The van der Waals surface area contributed by atoms with E-state index in [1.165, 1.54) is 16.8 Å². The summed E-state index contributed by atoms with van der Waals surface area (Å²) in [4.78, 5) is 4.02. The highest BCUT2D eigenvalue weighted by Crippen LogP contribution is 2.23. The first-order chi connectivity index (χ1) is 7.45. The lowest BCUT2D eigenvalue weighted by atomic mass is 10.1. The number of aromatic nitrogens is 3. The van der Waals surface area contributed by atoms with Gasteiger partial charge in [-0.05, 0) is 17.7 Å². The molecular weight excluding hydrogens is 224 g/mol. The maximum atomic E-state index is 4.39. The molecule has 16 heavy (non-hydrogen) atoms. The van der Waals surface area contributed by atoms with E-state index in [2.05, 4.69) is 20.1 Å². The first kappa shape index (κ1) is 11.1. The fourth-order valence-electron chi connectivity index (χ4n) is 1.95. The average Bonchev–Trinajstić information content (AvgIpc) is 2.74. The molecule has 0 aromatic carbocycles. The summed E-state index contributed by atoms with van der Waals surface area (Å²) in [6.45, 7) is 2.86. The van der Waals surface area contributed by atoms with Crippen LogP contribution < -0.4 is 5.32 Å². The number of pyridine rings is 1. The Kier molecular flexibility index (Phi) is 3.22. The van der Waals surface area contributed by atoms with Crippen LogP contribution in [0.4, 0.5) is 0 Å². The van der Waals surface area contributed by atoms with E-state index in [9.17, 15) is 0 Å². The molecule has 3 heterocycles. The third kappa shape index (κ3) is 1.81. The fourth-order valence-corrected chi connectivity index (χ4v) is 1.95. The highest BCUT2D eigenvalue weighted by Gasteiger charge is 2.14. The zero-order chi connectivity index (χ0) is 10.1. The smallest absolute Gasteiger partial charge is 0.0601 e. The Hall–Kier alpha value is -1.39. The molecule has 0 fully saturated rings. The number of nitrogens with one attached hydrogen (secondary N) is 1. The van der Waals surface area contributed by atoms with Crippen LogP contribution in [0, 0.1) is 0 Å². The van der Waals surface area contributed by atoms with Crippen molar-refractivity contribution in [3.63, 3.8) is 0 Å². The molecule has 0 saturated heterocycles. The molecular formula is C11H13ClN4. The maximum Gasteiger partial charge on any atom is 0.0601 e. The van der Waals surface area contributed by atoms with Gasteiger partial charge in [-0.2, -0.15) is 5.10 Å². The van der Waals surface area contributed by atoms with Gasteiger partial charge in [0.25, 0.3) is 0 Å². The lowest BCUT2D eigenvalue weighted by Crippen LogP contribution is -2.28. The Bertz CT molecular complexity index is 466. The van der Waals surface area contributed by atoms with Gasteiger partial charge in [-0.1, -0.05) is 0 Å². The molecule has 0 bridgehead atoms. The van der Waals surface area contributed by atoms with E-state index in [-0.39, 0.29) is 12.4 Å². The summed E-state index contributed by atoms with van der Waals surface area (Å²) >= 11 is 0.